The molecule has 0 spiro atoms. The summed E-state index contributed by atoms with van der Waals surface area (Å²) in [5, 5.41) is 3.55. The van der Waals surface area contributed by atoms with Crippen LogP contribution in [0.4, 0.5) is 5.69 Å². The van der Waals surface area contributed by atoms with E-state index in [0.29, 0.717) is 34.5 Å². The minimum absolute atomic E-state index is 0.323. The molecule has 0 atom stereocenters. The zero-order chi connectivity index (χ0) is 15.5. The maximum atomic E-state index is 12.2. The molecule has 3 rings (SSSR count). The quantitative estimate of drug-likeness (QED) is 0.927. The summed E-state index contributed by atoms with van der Waals surface area (Å²) in [7, 11) is 0. The molecule has 1 aromatic heterocycles. The fourth-order valence-corrected chi connectivity index (χ4v) is 2.62. The van der Waals surface area contributed by atoms with Crippen LogP contribution in [-0.2, 0) is 9.47 Å². The summed E-state index contributed by atoms with van der Waals surface area (Å²) in [5.74, 6) is -0.323. The number of carbonyl (C=O) groups is 1. The van der Waals surface area contributed by atoms with E-state index < -0.39 is 6.29 Å². The van der Waals surface area contributed by atoms with Crippen LogP contribution in [0.3, 0.4) is 0 Å². The van der Waals surface area contributed by atoms with Gasteiger partial charge in [-0.05, 0) is 24.3 Å². The standard InChI is InChI=1S/C15H12Cl2N2O3/c16-11-3-9(4-12(17)6-11)14(20)19-13-5-10(7-18-8-13)15-21-1-2-22-15/h3-8,15H,1-2H2,(H,19,20). The number of anilines is 1. The summed E-state index contributed by atoms with van der Waals surface area (Å²) in [6.07, 6.45) is 2.75. The monoisotopic (exact) mass is 338 g/mol. The van der Waals surface area contributed by atoms with Gasteiger partial charge in [-0.1, -0.05) is 23.2 Å². The molecule has 0 unspecified atom stereocenters. The lowest BCUT2D eigenvalue weighted by atomic mass is 10.2. The van der Waals surface area contributed by atoms with E-state index in [2.05, 4.69) is 10.3 Å². The normalized spacial score (nSPS) is 15.0. The number of hydrogen-bond acceptors (Lipinski definition) is 4. The zero-order valence-corrected chi connectivity index (χ0v) is 12.9. The average Bonchev–Trinajstić information content (AvgIpc) is 3.00. The maximum absolute atomic E-state index is 12.2. The molecule has 1 aliphatic rings. The molecule has 0 radical (unpaired) electrons. The lowest BCUT2D eigenvalue weighted by Gasteiger charge is -2.11. The average molecular weight is 339 g/mol. The van der Waals surface area contributed by atoms with Gasteiger partial charge < -0.3 is 14.8 Å². The third-order valence-corrected chi connectivity index (χ3v) is 3.47. The predicted molar refractivity (Wildman–Crippen MR) is 83.3 cm³/mol. The zero-order valence-electron chi connectivity index (χ0n) is 11.4. The lowest BCUT2D eigenvalue weighted by Crippen LogP contribution is -2.12. The van der Waals surface area contributed by atoms with Crippen molar-refractivity contribution >= 4 is 34.8 Å². The molecule has 5 nitrogen and oxygen atoms in total. The van der Waals surface area contributed by atoms with Gasteiger partial charge in [0, 0.05) is 27.4 Å². The molecule has 0 bridgehead atoms. The van der Waals surface area contributed by atoms with Crippen LogP contribution < -0.4 is 5.32 Å². The summed E-state index contributed by atoms with van der Waals surface area (Å²) in [6, 6.07) is 6.41. The van der Waals surface area contributed by atoms with Crippen molar-refractivity contribution < 1.29 is 14.3 Å². The molecule has 1 saturated heterocycles. The van der Waals surface area contributed by atoms with E-state index in [4.69, 9.17) is 32.7 Å². The van der Waals surface area contributed by atoms with Crippen molar-refractivity contribution in [3.05, 3.63) is 57.8 Å². The molecule has 1 fully saturated rings. The number of aromatic nitrogens is 1. The topological polar surface area (TPSA) is 60.5 Å². The van der Waals surface area contributed by atoms with Gasteiger partial charge in [0.2, 0.25) is 0 Å². The Kier molecular flexibility index (Phi) is 4.59. The smallest absolute Gasteiger partial charge is 0.255 e. The molecule has 2 heterocycles. The van der Waals surface area contributed by atoms with Crippen molar-refractivity contribution in [2.24, 2.45) is 0 Å². The molecular formula is C15H12Cl2N2O3. The van der Waals surface area contributed by atoms with Crippen molar-refractivity contribution in [1.82, 2.24) is 4.98 Å². The minimum atomic E-state index is -0.440. The first-order valence-corrected chi connectivity index (χ1v) is 7.33. The van der Waals surface area contributed by atoms with Crippen LogP contribution in [0.15, 0.2) is 36.7 Å². The van der Waals surface area contributed by atoms with E-state index in [1.165, 1.54) is 0 Å². The van der Waals surface area contributed by atoms with E-state index in [0.717, 1.165) is 5.56 Å². The third kappa shape index (κ3) is 3.56. The van der Waals surface area contributed by atoms with Gasteiger partial charge in [0.25, 0.3) is 5.91 Å². The number of rotatable bonds is 3. The second kappa shape index (κ2) is 6.62. The number of carbonyl (C=O) groups excluding carboxylic acids is 1. The highest BCUT2D eigenvalue weighted by Crippen LogP contribution is 2.25. The van der Waals surface area contributed by atoms with Crippen LogP contribution in [0.5, 0.6) is 0 Å². The number of halogens is 2. The van der Waals surface area contributed by atoms with E-state index in [1.807, 2.05) is 0 Å². The molecule has 2 aromatic rings. The van der Waals surface area contributed by atoms with E-state index in [-0.39, 0.29) is 5.91 Å². The molecular weight excluding hydrogens is 327 g/mol. The Morgan fingerprint density at radius 2 is 1.77 bits per heavy atom. The van der Waals surface area contributed by atoms with Crippen LogP contribution in [-0.4, -0.2) is 24.1 Å². The predicted octanol–water partition coefficient (Wildman–Crippen LogP) is 3.69. The Morgan fingerprint density at radius 3 is 2.45 bits per heavy atom. The number of benzene rings is 1. The lowest BCUT2D eigenvalue weighted by molar-refractivity contribution is -0.0443. The van der Waals surface area contributed by atoms with Crippen molar-refractivity contribution in [2.45, 2.75) is 6.29 Å². The fraction of sp³-hybridized carbons (Fsp3) is 0.200. The van der Waals surface area contributed by atoms with Gasteiger partial charge in [-0.15, -0.1) is 0 Å². The fourth-order valence-electron chi connectivity index (χ4n) is 2.09. The molecule has 22 heavy (non-hydrogen) atoms. The number of hydrogen-bond donors (Lipinski definition) is 1. The molecule has 1 aliphatic heterocycles. The second-order valence-corrected chi connectivity index (χ2v) is 5.57. The Morgan fingerprint density at radius 1 is 1.09 bits per heavy atom. The van der Waals surface area contributed by atoms with E-state index in [9.17, 15) is 4.79 Å². The number of ether oxygens (including phenoxy) is 2. The maximum Gasteiger partial charge on any atom is 0.255 e. The molecule has 114 valence electrons. The third-order valence-electron chi connectivity index (χ3n) is 3.04. The number of amides is 1. The Bertz CT molecular complexity index is 683. The number of nitrogens with zero attached hydrogens (tertiary/aromatic N) is 1. The van der Waals surface area contributed by atoms with Gasteiger partial charge in [0.15, 0.2) is 6.29 Å². The highest BCUT2D eigenvalue weighted by atomic mass is 35.5. The first kappa shape index (κ1) is 15.2. The Balaban J connectivity index is 1.77. The van der Waals surface area contributed by atoms with Crippen LogP contribution >= 0.6 is 23.2 Å². The molecule has 0 aliphatic carbocycles. The molecule has 1 aromatic carbocycles. The van der Waals surface area contributed by atoms with Crippen LogP contribution in [0.25, 0.3) is 0 Å². The summed E-state index contributed by atoms with van der Waals surface area (Å²) in [5.41, 5.74) is 1.66. The summed E-state index contributed by atoms with van der Waals surface area (Å²) in [4.78, 5) is 16.3. The van der Waals surface area contributed by atoms with Crippen molar-refractivity contribution in [3.8, 4) is 0 Å². The van der Waals surface area contributed by atoms with Crippen molar-refractivity contribution in [1.29, 1.82) is 0 Å². The van der Waals surface area contributed by atoms with E-state index >= 15 is 0 Å². The van der Waals surface area contributed by atoms with Gasteiger partial charge >= 0.3 is 0 Å². The molecule has 0 saturated carbocycles. The Hall–Kier alpha value is -1.66. The molecule has 1 amide bonds. The number of nitrogens with one attached hydrogen (secondary N) is 1. The Labute approximate surface area is 137 Å². The van der Waals surface area contributed by atoms with Crippen molar-refractivity contribution in [2.75, 3.05) is 18.5 Å². The highest BCUT2D eigenvalue weighted by Gasteiger charge is 2.19. The van der Waals surface area contributed by atoms with Gasteiger partial charge in [-0.25, -0.2) is 0 Å². The summed E-state index contributed by atoms with van der Waals surface area (Å²) >= 11 is 11.8. The summed E-state index contributed by atoms with van der Waals surface area (Å²) < 4.78 is 10.8. The first-order chi connectivity index (χ1) is 10.6. The number of pyridine rings is 1. The van der Waals surface area contributed by atoms with Gasteiger partial charge in [0.1, 0.15) is 0 Å². The first-order valence-electron chi connectivity index (χ1n) is 6.57. The summed E-state index contributed by atoms with van der Waals surface area (Å²) in [6.45, 7) is 1.09. The van der Waals surface area contributed by atoms with Gasteiger partial charge in [-0.2, -0.15) is 0 Å². The second-order valence-electron chi connectivity index (χ2n) is 4.69. The van der Waals surface area contributed by atoms with Crippen LogP contribution in [0, 0.1) is 0 Å². The molecule has 7 heteroatoms. The van der Waals surface area contributed by atoms with Gasteiger partial charge in [0.05, 0.1) is 25.1 Å². The molecule has 1 N–H and O–H groups in total. The highest BCUT2D eigenvalue weighted by molar-refractivity contribution is 6.35. The SMILES string of the molecule is O=C(Nc1cncc(C2OCCO2)c1)c1cc(Cl)cc(Cl)c1. The van der Waals surface area contributed by atoms with E-state index in [1.54, 1.807) is 36.7 Å². The van der Waals surface area contributed by atoms with Gasteiger partial charge in [-0.3, -0.25) is 9.78 Å². The van der Waals surface area contributed by atoms with Crippen molar-refractivity contribution in [3.63, 3.8) is 0 Å². The van der Waals surface area contributed by atoms with Crippen LogP contribution in [0.2, 0.25) is 10.0 Å². The van der Waals surface area contributed by atoms with Crippen LogP contribution in [0.1, 0.15) is 22.2 Å². The largest absolute Gasteiger partial charge is 0.346 e. The minimum Gasteiger partial charge on any atom is -0.346 e.